The Hall–Kier alpha value is -1.16. The minimum atomic E-state index is -3.13. The van der Waals surface area contributed by atoms with Crippen molar-refractivity contribution in [3.8, 4) is 0 Å². The molecular weight excluding hydrogens is 234 g/mol. The first kappa shape index (κ1) is 12.3. The molecule has 1 unspecified atom stereocenters. The molecule has 0 spiro atoms. The van der Waals surface area contributed by atoms with Crippen LogP contribution in [0.4, 0.5) is 0 Å². The second-order valence-corrected chi connectivity index (χ2v) is 6.75. The number of sulfone groups is 1. The molecule has 0 N–H and O–H groups in total. The molecule has 0 bridgehead atoms. The van der Waals surface area contributed by atoms with E-state index in [2.05, 4.69) is 11.9 Å². The summed E-state index contributed by atoms with van der Waals surface area (Å²) in [5.74, 6) is 0.636. The van der Waals surface area contributed by atoms with E-state index in [4.69, 9.17) is 0 Å². The third kappa shape index (κ3) is 2.94. The summed E-state index contributed by atoms with van der Waals surface area (Å²) in [4.78, 5) is 4.90. The summed E-state index contributed by atoms with van der Waals surface area (Å²) < 4.78 is 23.0. The average molecular weight is 251 g/mol. The molecule has 4 heteroatoms. The zero-order valence-corrected chi connectivity index (χ0v) is 11.0. The van der Waals surface area contributed by atoms with Crippen LogP contribution in [0.3, 0.4) is 0 Å². The number of rotatable bonds is 2. The van der Waals surface area contributed by atoms with Gasteiger partial charge in [0.15, 0.2) is 9.84 Å². The highest BCUT2D eigenvalue weighted by molar-refractivity contribution is 7.90. The quantitative estimate of drug-likeness (QED) is 0.809. The summed E-state index contributed by atoms with van der Waals surface area (Å²) in [6.07, 6.45) is 3.30. The number of aliphatic imine (C=N–C) groups is 1. The predicted molar refractivity (Wildman–Crippen MR) is 69.4 cm³/mol. The van der Waals surface area contributed by atoms with Gasteiger partial charge in [-0.3, -0.25) is 4.99 Å². The summed E-state index contributed by atoms with van der Waals surface area (Å²) in [5, 5.41) is 0. The van der Waals surface area contributed by atoms with Gasteiger partial charge in [-0.25, -0.2) is 8.42 Å². The Morgan fingerprint density at radius 1 is 1.35 bits per heavy atom. The molecule has 0 aliphatic carbocycles. The van der Waals surface area contributed by atoms with E-state index >= 15 is 0 Å². The van der Waals surface area contributed by atoms with Gasteiger partial charge in [0.05, 0.1) is 4.90 Å². The summed E-state index contributed by atoms with van der Waals surface area (Å²) in [6, 6.07) is 7.07. The van der Waals surface area contributed by atoms with Gasteiger partial charge in [-0.2, -0.15) is 0 Å². The van der Waals surface area contributed by atoms with Gasteiger partial charge in [-0.15, -0.1) is 0 Å². The molecule has 1 aromatic carbocycles. The lowest BCUT2D eigenvalue weighted by atomic mass is 9.96. The highest BCUT2D eigenvalue weighted by Gasteiger charge is 2.14. The maximum Gasteiger partial charge on any atom is 0.175 e. The fourth-order valence-corrected chi connectivity index (χ4v) is 2.63. The Morgan fingerprint density at radius 3 is 2.71 bits per heavy atom. The number of hydrogen-bond donors (Lipinski definition) is 0. The van der Waals surface area contributed by atoms with Crippen LogP contribution in [-0.2, 0) is 9.84 Å². The van der Waals surface area contributed by atoms with Crippen molar-refractivity contribution in [1.29, 1.82) is 0 Å². The first-order valence-electron chi connectivity index (χ1n) is 5.80. The van der Waals surface area contributed by atoms with Crippen LogP contribution >= 0.6 is 0 Å². The molecule has 1 aliphatic heterocycles. The first-order chi connectivity index (χ1) is 7.97. The van der Waals surface area contributed by atoms with Crippen molar-refractivity contribution in [2.75, 3.05) is 12.8 Å². The standard InChI is InChI=1S/C13H17NO2S/c1-10-6-7-13(14-9-10)11-4-3-5-12(8-11)17(2,15)16/h3-5,8,10H,6-7,9H2,1-2H3. The van der Waals surface area contributed by atoms with E-state index in [-0.39, 0.29) is 0 Å². The van der Waals surface area contributed by atoms with Crippen molar-refractivity contribution >= 4 is 15.5 Å². The Kier molecular flexibility index (Phi) is 3.33. The summed E-state index contributed by atoms with van der Waals surface area (Å²) in [6.45, 7) is 3.03. The molecule has 1 aromatic rings. The van der Waals surface area contributed by atoms with Gasteiger partial charge in [-0.1, -0.05) is 19.1 Å². The Bertz CT molecular complexity index is 546. The Labute approximate surface area is 103 Å². The van der Waals surface area contributed by atoms with E-state index in [0.717, 1.165) is 30.7 Å². The lowest BCUT2D eigenvalue weighted by molar-refractivity contribution is 0.538. The van der Waals surface area contributed by atoms with Crippen LogP contribution in [0.5, 0.6) is 0 Å². The minimum absolute atomic E-state index is 0.372. The molecule has 17 heavy (non-hydrogen) atoms. The van der Waals surface area contributed by atoms with Crippen molar-refractivity contribution in [2.45, 2.75) is 24.7 Å². The second-order valence-electron chi connectivity index (χ2n) is 4.73. The largest absolute Gasteiger partial charge is 0.289 e. The van der Waals surface area contributed by atoms with Crippen molar-refractivity contribution in [1.82, 2.24) is 0 Å². The Balaban J connectivity index is 2.35. The zero-order chi connectivity index (χ0) is 12.5. The molecule has 0 radical (unpaired) electrons. The highest BCUT2D eigenvalue weighted by atomic mass is 32.2. The number of nitrogens with zero attached hydrogens (tertiary/aromatic N) is 1. The molecule has 2 rings (SSSR count). The summed E-state index contributed by atoms with van der Waals surface area (Å²) >= 11 is 0. The van der Waals surface area contributed by atoms with Crippen molar-refractivity contribution < 1.29 is 8.42 Å². The fourth-order valence-electron chi connectivity index (χ4n) is 1.96. The maximum absolute atomic E-state index is 11.5. The van der Waals surface area contributed by atoms with E-state index < -0.39 is 9.84 Å². The van der Waals surface area contributed by atoms with Crippen molar-refractivity contribution in [2.24, 2.45) is 10.9 Å². The molecule has 0 amide bonds. The van der Waals surface area contributed by atoms with Gasteiger partial charge >= 0.3 is 0 Å². The van der Waals surface area contributed by atoms with Gasteiger partial charge in [0.2, 0.25) is 0 Å². The second kappa shape index (κ2) is 4.61. The number of benzene rings is 1. The summed E-state index contributed by atoms with van der Waals surface area (Å²) in [5.41, 5.74) is 1.98. The molecule has 1 heterocycles. The van der Waals surface area contributed by atoms with Gasteiger partial charge in [-0.05, 0) is 36.5 Å². The van der Waals surface area contributed by atoms with Crippen LogP contribution in [0.2, 0.25) is 0 Å². The van der Waals surface area contributed by atoms with Crippen molar-refractivity contribution in [3.63, 3.8) is 0 Å². The normalized spacial score (nSPS) is 21.1. The molecular formula is C13H17NO2S. The van der Waals surface area contributed by atoms with E-state index in [0.29, 0.717) is 10.8 Å². The van der Waals surface area contributed by atoms with Crippen LogP contribution in [-0.4, -0.2) is 26.9 Å². The average Bonchev–Trinajstić information content (AvgIpc) is 2.29. The van der Waals surface area contributed by atoms with E-state index in [1.54, 1.807) is 18.2 Å². The highest BCUT2D eigenvalue weighted by Crippen LogP contribution is 2.19. The molecule has 1 atom stereocenters. The smallest absolute Gasteiger partial charge is 0.175 e. The Morgan fingerprint density at radius 2 is 2.12 bits per heavy atom. The van der Waals surface area contributed by atoms with Crippen LogP contribution in [0.15, 0.2) is 34.2 Å². The zero-order valence-electron chi connectivity index (χ0n) is 10.2. The molecule has 0 fully saturated rings. The lowest BCUT2D eigenvalue weighted by Crippen LogP contribution is -2.14. The third-order valence-corrected chi connectivity index (χ3v) is 4.17. The van der Waals surface area contributed by atoms with Gasteiger partial charge in [0, 0.05) is 18.5 Å². The third-order valence-electron chi connectivity index (χ3n) is 3.06. The number of hydrogen-bond acceptors (Lipinski definition) is 3. The molecule has 3 nitrogen and oxygen atoms in total. The van der Waals surface area contributed by atoms with E-state index in [1.165, 1.54) is 6.26 Å². The molecule has 0 aromatic heterocycles. The maximum atomic E-state index is 11.5. The monoisotopic (exact) mass is 251 g/mol. The first-order valence-corrected chi connectivity index (χ1v) is 7.70. The molecule has 1 aliphatic rings. The van der Waals surface area contributed by atoms with E-state index in [9.17, 15) is 8.42 Å². The molecule has 0 saturated heterocycles. The van der Waals surface area contributed by atoms with Crippen LogP contribution in [0.25, 0.3) is 0 Å². The van der Waals surface area contributed by atoms with Crippen LogP contribution in [0.1, 0.15) is 25.3 Å². The fraction of sp³-hybridized carbons (Fsp3) is 0.462. The van der Waals surface area contributed by atoms with Crippen LogP contribution < -0.4 is 0 Å². The predicted octanol–water partition coefficient (Wildman–Crippen LogP) is 2.31. The van der Waals surface area contributed by atoms with Crippen LogP contribution in [0, 0.1) is 5.92 Å². The van der Waals surface area contributed by atoms with Gasteiger partial charge < -0.3 is 0 Å². The van der Waals surface area contributed by atoms with E-state index in [1.807, 2.05) is 6.07 Å². The molecule has 92 valence electrons. The van der Waals surface area contributed by atoms with Gasteiger partial charge in [0.25, 0.3) is 0 Å². The summed E-state index contributed by atoms with van der Waals surface area (Å²) in [7, 11) is -3.13. The topological polar surface area (TPSA) is 46.5 Å². The van der Waals surface area contributed by atoms with Gasteiger partial charge in [0.1, 0.15) is 0 Å². The lowest BCUT2D eigenvalue weighted by Gasteiger charge is -2.17. The SMILES string of the molecule is CC1CCC(c2cccc(S(C)(=O)=O)c2)=NC1. The molecule has 0 saturated carbocycles. The van der Waals surface area contributed by atoms with Crippen molar-refractivity contribution in [3.05, 3.63) is 29.8 Å². The minimum Gasteiger partial charge on any atom is -0.289 e.